The zero-order chi connectivity index (χ0) is 15.3. The Morgan fingerprint density at radius 1 is 1.45 bits per heavy atom. The van der Waals surface area contributed by atoms with E-state index in [4.69, 9.17) is 5.73 Å². The monoisotopic (exact) mass is 290 g/mol. The van der Waals surface area contributed by atoms with Crippen LogP contribution in [0.2, 0.25) is 0 Å². The summed E-state index contributed by atoms with van der Waals surface area (Å²) < 4.78 is 37.9. The molecule has 0 aliphatic carbocycles. The lowest BCUT2D eigenvalue weighted by Gasteiger charge is -2.24. The summed E-state index contributed by atoms with van der Waals surface area (Å²) >= 11 is 0. The lowest BCUT2D eigenvalue weighted by Crippen LogP contribution is -2.37. The van der Waals surface area contributed by atoms with Crippen LogP contribution in [0.3, 0.4) is 0 Å². The lowest BCUT2D eigenvalue weighted by molar-refractivity contribution is -0.141. The molecule has 0 radical (unpaired) electrons. The number of carbonyl (C=O) groups is 1. The Labute approximate surface area is 115 Å². The van der Waals surface area contributed by atoms with E-state index >= 15 is 0 Å². The van der Waals surface area contributed by atoms with Gasteiger partial charge in [0.15, 0.2) is 0 Å². The highest BCUT2D eigenvalue weighted by molar-refractivity contribution is 5.83. The number of pyridine rings is 1. The molecule has 1 rings (SSSR count). The minimum Gasteiger partial charge on any atom is -0.396 e. The van der Waals surface area contributed by atoms with Crippen molar-refractivity contribution in [2.75, 3.05) is 30.3 Å². The van der Waals surface area contributed by atoms with Crippen molar-refractivity contribution in [1.29, 1.82) is 0 Å². The van der Waals surface area contributed by atoms with Crippen molar-refractivity contribution < 1.29 is 18.0 Å². The second-order valence-corrected chi connectivity index (χ2v) is 4.09. The van der Waals surface area contributed by atoms with Gasteiger partial charge >= 0.3 is 6.18 Å². The fourth-order valence-electron chi connectivity index (χ4n) is 1.68. The Balaban J connectivity index is 3.05. The van der Waals surface area contributed by atoms with Gasteiger partial charge in [-0.25, -0.2) is 4.98 Å². The first-order chi connectivity index (χ1) is 9.29. The molecule has 20 heavy (non-hydrogen) atoms. The molecule has 1 amide bonds. The minimum absolute atomic E-state index is 0.0597. The van der Waals surface area contributed by atoms with Gasteiger partial charge in [0.2, 0.25) is 5.91 Å². The van der Waals surface area contributed by atoms with Crippen LogP contribution >= 0.6 is 0 Å². The summed E-state index contributed by atoms with van der Waals surface area (Å²) in [6.07, 6.45) is -3.59. The largest absolute Gasteiger partial charge is 0.433 e. The number of likely N-dealkylation sites (N-methyl/N-ethyl adjacent to an activating group) is 2. The van der Waals surface area contributed by atoms with E-state index < -0.39 is 11.9 Å². The molecule has 1 aromatic heterocycles. The van der Waals surface area contributed by atoms with Gasteiger partial charge in [-0.3, -0.25) is 4.79 Å². The molecule has 1 aromatic rings. The number of halogens is 3. The third kappa shape index (κ3) is 4.01. The second kappa shape index (κ2) is 6.44. The SMILES string of the molecule is CCNC(=O)CN(CC)c1cc(C(F)(F)F)ncc1N. The van der Waals surface area contributed by atoms with E-state index in [9.17, 15) is 18.0 Å². The van der Waals surface area contributed by atoms with Crippen molar-refractivity contribution in [3.63, 3.8) is 0 Å². The molecule has 0 aromatic carbocycles. The van der Waals surface area contributed by atoms with Crippen molar-refractivity contribution in [3.8, 4) is 0 Å². The molecule has 0 atom stereocenters. The van der Waals surface area contributed by atoms with Crippen LogP contribution in [0.25, 0.3) is 0 Å². The number of aromatic nitrogens is 1. The van der Waals surface area contributed by atoms with Gasteiger partial charge in [0.05, 0.1) is 24.1 Å². The fourth-order valence-corrected chi connectivity index (χ4v) is 1.68. The highest BCUT2D eigenvalue weighted by Crippen LogP contribution is 2.32. The van der Waals surface area contributed by atoms with E-state index in [1.165, 1.54) is 4.90 Å². The maximum absolute atomic E-state index is 12.6. The molecule has 0 saturated carbocycles. The number of nitrogen functional groups attached to an aromatic ring is 1. The molecule has 5 nitrogen and oxygen atoms in total. The Kier molecular flexibility index (Phi) is 5.18. The molecule has 8 heteroatoms. The molecular formula is C12H17F3N4O. The summed E-state index contributed by atoms with van der Waals surface area (Å²) in [7, 11) is 0. The average molecular weight is 290 g/mol. The number of hydrogen-bond acceptors (Lipinski definition) is 4. The van der Waals surface area contributed by atoms with Crippen molar-refractivity contribution in [1.82, 2.24) is 10.3 Å². The van der Waals surface area contributed by atoms with Gasteiger partial charge in [0.25, 0.3) is 0 Å². The molecule has 0 aliphatic rings. The van der Waals surface area contributed by atoms with Crippen LogP contribution in [0.15, 0.2) is 12.3 Å². The molecule has 1 heterocycles. The summed E-state index contributed by atoms with van der Waals surface area (Å²) in [5.41, 5.74) is 4.88. The summed E-state index contributed by atoms with van der Waals surface area (Å²) in [6, 6.07) is 0.859. The summed E-state index contributed by atoms with van der Waals surface area (Å²) in [6.45, 7) is 4.23. The number of carbonyl (C=O) groups excluding carboxylic acids is 1. The topological polar surface area (TPSA) is 71.2 Å². The van der Waals surface area contributed by atoms with Gasteiger partial charge in [0, 0.05) is 13.1 Å². The first-order valence-corrected chi connectivity index (χ1v) is 6.13. The van der Waals surface area contributed by atoms with Crippen LogP contribution in [0, 0.1) is 0 Å². The zero-order valence-corrected chi connectivity index (χ0v) is 11.3. The maximum Gasteiger partial charge on any atom is 0.433 e. The van der Waals surface area contributed by atoms with E-state index in [1.807, 2.05) is 0 Å². The van der Waals surface area contributed by atoms with Gasteiger partial charge in [-0.05, 0) is 19.9 Å². The van der Waals surface area contributed by atoms with Crippen molar-refractivity contribution in [2.45, 2.75) is 20.0 Å². The number of anilines is 2. The van der Waals surface area contributed by atoms with Gasteiger partial charge in [0.1, 0.15) is 5.69 Å². The molecule has 0 unspecified atom stereocenters. The molecule has 0 saturated heterocycles. The summed E-state index contributed by atoms with van der Waals surface area (Å²) in [5.74, 6) is -0.279. The minimum atomic E-state index is -4.55. The quantitative estimate of drug-likeness (QED) is 0.865. The summed E-state index contributed by atoms with van der Waals surface area (Å²) in [5, 5.41) is 2.59. The van der Waals surface area contributed by atoms with Crippen LogP contribution in [0.1, 0.15) is 19.5 Å². The second-order valence-electron chi connectivity index (χ2n) is 4.09. The maximum atomic E-state index is 12.6. The van der Waals surface area contributed by atoms with E-state index in [0.29, 0.717) is 13.1 Å². The van der Waals surface area contributed by atoms with Crippen LogP contribution in [-0.4, -0.2) is 30.5 Å². The third-order valence-corrected chi connectivity index (χ3v) is 2.63. The Hall–Kier alpha value is -1.99. The Bertz CT molecular complexity index is 476. The van der Waals surface area contributed by atoms with Gasteiger partial charge in [-0.1, -0.05) is 0 Å². The predicted molar refractivity (Wildman–Crippen MR) is 70.2 cm³/mol. The van der Waals surface area contributed by atoms with Crippen molar-refractivity contribution in [3.05, 3.63) is 18.0 Å². The Morgan fingerprint density at radius 2 is 2.10 bits per heavy atom. The standard InChI is InChI=1S/C12H17F3N4O/c1-3-17-11(20)7-19(4-2)9-5-10(12(13,14)15)18-6-8(9)16/h5-6H,3-4,7,16H2,1-2H3,(H,17,20). The lowest BCUT2D eigenvalue weighted by atomic mass is 10.2. The van der Waals surface area contributed by atoms with E-state index in [-0.39, 0.29) is 23.8 Å². The first kappa shape index (κ1) is 16.1. The summed E-state index contributed by atoms with van der Waals surface area (Å²) in [4.78, 5) is 16.3. The van der Waals surface area contributed by atoms with Gasteiger partial charge < -0.3 is 16.0 Å². The molecule has 0 fully saturated rings. The predicted octanol–water partition coefficient (Wildman–Crippen LogP) is 1.64. The van der Waals surface area contributed by atoms with Crippen molar-refractivity contribution >= 4 is 17.3 Å². The van der Waals surface area contributed by atoms with E-state index in [1.54, 1.807) is 13.8 Å². The number of nitrogens with two attached hydrogens (primary N) is 1. The fraction of sp³-hybridized carbons (Fsp3) is 0.500. The van der Waals surface area contributed by atoms with E-state index in [0.717, 1.165) is 12.3 Å². The Morgan fingerprint density at radius 3 is 2.60 bits per heavy atom. The first-order valence-electron chi connectivity index (χ1n) is 6.13. The highest BCUT2D eigenvalue weighted by Gasteiger charge is 2.33. The van der Waals surface area contributed by atoms with Crippen LogP contribution < -0.4 is 16.0 Å². The highest BCUT2D eigenvalue weighted by atomic mass is 19.4. The molecule has 112 valence electrons. The number of nitrogens with zero attached hydrogens (tertiary/aromatic N) is 2. The van der Waals surface area contributed by atoms with Gasteiger partial charge in [-0.2, -0.15) is 13.2 Å². The molecule has 3 N–H and O–H groups in total. The van der Waals surface area contributed by atoms with Crippen LogP contribution in [-0.2, 0) is 11.0 Å². The number of nitrogens with one attached hydrogen (secondary N) is 1. The normalized spacial score (nSPS) is 11.2. The number of rotatable bonds is 5. The molecular weight excluding hydrogens is 273 g/mol. The third-order valence-electron chi connectivity index (χ3n) is 2.63. The molecule has 0 aliphatic heterocycles. The number of alkyl halides is 3. The smallest absolute Gasteiger partial charge is 0.396 e. The number of amides is 1. The van der Waals surface area contributed by atoms with Crippen LogP contribution in [0.5, 0.6) is 0 Å². The average Bonchev–Trinajstić information content (AvgIpc) is 2.35. The van der Waals surface area contributed by atoms with Crippen molar-refractivity contribution in [2.24, 2.45) is 0 Å². The van der Waals surface area contributed by atoms with Crippen LogP contribution in [0.4, 0.5) is 24.5 Å². The zero-order valence-electron chi connectivity index (χ0n) is 11.3. The molecule has 0 spiro atoms. The van der Waals surface area contributed by atoms with Gasteiger partial charge in [-0.15, -0.1) is 0 Å². The molecule has 0 bridgehead atoms. The van der Waals surface area contributed by atoms with E-state index in [2.05, 4.69) is 10.3 Å². The number of hydrogen-bond donors (Lipinski definition) is 2.